The highest BCUT2D eigenvalue weighted by molar-refractivity contribution is 5.81. The van der Waals surface area contributed by atoms with E-state index in [1.807, 2.05) is 13.8 Å². The van der Waals surface area contributed by atoms with Crippen molar-refractivity contribution >= 4 is 11.8 Å². The summed E-state index contributed by atoms with van der Waals surface area (Å²) in [5.74, 6) is -0.961. The molecule has 1 fully saturated rings. The van der Waals surface area contributed by atoms with E-state index in [0.29, 0.717) is 6.42 Å². The fourth-order valence-corrected chi connectivity index (χ4v) is 1.93. The number of rotatable bonds is 3. The Balaban J connectivity index is 2.60. The lowest BCUT2D eigenvalue weighted by atomic mass is 10.1. The van der Waals surface area contributed by atoms with Crippen molar-refractivity contribution in [1.29, 1.82) is 0 Å². The standard InChI is InChI=1S/C9H14O3/c1-5(10)4-6-7(8(11)12)9(6,2)3/h6-7H,4H2,1-3H3,(H,11,12)/t6-,7-/m1/s1. The van der Waals surface area contributed by atoms with E-state index in [0.717, 1.165) is 0 Å². The molecule has 12 heavy (non-hydrogen) atoms. The van der Waals surface area contributed by atoms with Crippen LogP contribution in [0.25, 0.3) is 0 Å². The van der Waals surface area contributed by atoms with Crippen LogP contribution >= 0.6 is 0 Å². The maximum Gasteiger partial charge on any atom is 0.307 e. The molecular weight excluding hydrogens is 156 g/mol. The second-order valence-electron chi connectivity index (χ2n) is 4.15. The highest BCUT2D eigenvalue weighted by atomic mass is 16.4. The molecule has 1 rings (SSSR count). The highest BCUT2D eigenvalue weighted by Gasteiger charge is 2.61. The van der Waals surface area contributed by atoms with Crippen LogP contribution in [0.15, 0.2) is 0 Å². The minimum absolute atomic E-state index is 0.0486. The molecule has 0 saturated heterocycles. The van der Waals surface area contributed by atoms with Crippen molar-refractivity contribution in [2.45, 2.75) is 27.2 Å². The Morgan fingerprint density at radius 3 is 2.17 bits per heavy atom. The van der Waals surface area contributed by atoms with Crippen LogP contribution in [0, 0.1) is 17.3 Å². The van der Waals surface area contributed by atoms with E-state index in [9.17, 15) is 9.59 Å². The van der Waals surface area contributed by atoms with Crippen LogP contribution in [-0.4, -0.2) is 16.9 Å². The van der Waals surface area contributed by atoms with Crippen molar-refractivity contribution in [3.63, 3.8) is 0 Å². The molecule has 0 spiro atoms. The summed E-state index contributed by atoms with van der Waals surface area (Å²) in [6.07, 6.45) is 0.407. The minimum Gasteiger partial charge on any atom is -0.481 e. The number of Topliss-reactive ketones (excluding diaryl/α,β-unsaturated/α-hetero) is 1. The summed E-state index contributed by atoms with van der Waals surface area (Å²) >= 11 is 0. The normalized spacial score (nSPS) is 31.2. The van der Waals surface area contributed by atoms with Gasteiger partial charge < -0.3 is 9.90 Å². The minimum atomic E-state index is -0.772. The molecule has 1 N–H and O–H groups in total. The summed E-state index contributed by atoms with van der Waals surface area (Å²) in [7, 11) is 0. The van der Waals surface area contributed by atoms with Gasteiger partial charge >= 0.3 is 5.97 Å². The summed E-state index contributed by atoms with van der Waals surface area (Å²) < 4.78 is 0. The van der Waals surface area contributed by atoms with Gasteiger partial charge in [0.05, 0.1) is 5.92 Å². The van der Waals surface area contributed by atoms with Crippen LogP contribution in [0.3, 0.4) is 0 Å². The lowest BCUT2D eigenvalue weighted by molar-refractivity contribution is -0.139. The van der Waals surface area contributed by atoms with Crippen LogP contribution in [0.5, 0.6) is 0 Å². The average molecular weight is 170 g/mol. The molecule has 0 aliphatic heterocycles. The molecule has 0 radical (unpaired) electrons. The fourth-order valence-electron chi connectivity index (χ4n) is 1.93. The Kier molecular flexibility index (Phi) is 1.98. The summed E-state index contributed by atoms with van der Waals surface area (Å²) in [5, 5.41) is 8.76. The molecule has 68 valence electrons. The first-order valence-electron chi connectivity index (χ1n) is 4.09. The topological polar surface area (TPSA) is 54.4 Å². The van der Waals surface area contributed by atoms with Crippen molar-refractivity contribution in [2.24, 2.45) is 17.3 Å². The smallest absolute Gasteiger partial charge is 0.307 e. The molecule has 0 bridgehead atoms. The number of carboxylic acids is 1. The lowest BCUT2D eigenvalue weighted by Gasteiger charge is -1.97. The number of hydrogen-bond acceptors (Lipinski definition) is 2. The summed E-state index contributed by atoms with van der Waals surface area (Å²) in [6, 6.07) is 0. The van der Waals surface area contributed by atoms with E-state index in [4.69, 9.17) is 5.11 Å². The van der Waals surface area contributed by atoms with Crippen LogP contribution in [0.4, 0.5) is 0 Å². The fraction of sp³-hybridized carbons (Fsp3) is 0.778. The summed E-state index contributed by atoms with van der Waals surface area (Å²) in [4.78, 5) is 21.4. The highest BCUT2D eigenvalue weighted by Crippen LogP contribution is 2.59. The van der Waals surface area contributed by atoms with Gasteiger partial charge in [-0.2, -0.15) is 0 Å². The largest absolute Gasteiger partial charge is 0.481 e. The molecule has 3 nitrogen and oxygen atoms in total. The first-order chi connectivity index (χ1) is 5.37. The maximum atomic E-state index is 10.8. The maximum absolute atomic E-state index is 10.8. The molecule has 0 amide bonds. The van der Waals surface area contributed by atoms with Gasteiger partial charge in [0.2, 0.25) is 0 Å². The molecule has 0 aromatic heterocycles. The van der Waals surface area contributed by atoms with E-state index in [1.54, 1.807) is 0 Å². The van der Waals surface area contributed by atoms with Crippen molar-refractivity contribution in [1.82, 2.24) is 0 Å². The average Bonchev–Trinajstić information content (AvgIpc) is 2.32. The zero-order valence-corrected chi connectivity index (χ0v) is 7.63. The number of hydrogen-bond donors (Lipinski definition) is 1. The lowest BCUT2D eigenvalue weighted by Crippen LogP contribution is -2.03. The number of aliphatic carboxylic acids is 1. The van der Waals surface area contributed by atoms with Gasteiger partial charge in [0.15, 0.2) is 0 Å². The van der Waals surface area contributed by atoms with Crippen LogP contribution in [-0.2, 0) is 9.59 Å². The van der Waals surface area contributed by atoms with Crippen molar-refractivity contribution in [3.8, 4) is 0 Å². The molecular formula is C9H14O3. The van der Waals surface area contributed by atoms with E-state index in [-0.39, 0.29) is 23.0 Å². The summed E-state index contributed by atoms with van der Waals surface area (Å²) in [6.45, 7) is 5.31. The van der Waals surface area contributed by atoms with E-state index in [1.165, 1.54) is 6.92 Å². The van der Waals surface area contributed by atoms with Gasteiger partial charge in [0.25, 0.3) is 0 Å². The third kappa shape index (κ3) is 1.36. The third-order valence-electron chi connectivity index (χ3n) is 2.82. The van der Waals surface area contributed by atoms with E-state index in [2.05, 4.69) is 0 Å². The zero-order valence-electron chi connectivity index (χ0n) is 7.63. The molecule has 0 aromatic carbocycles. The van der Waals surface area contributed by atoms with Gasteiger partial charge in [-0.3, -0.25) is 4.79 Å². The molecule has 1 aliphatic rings. The predicted molar refractivity (Wildman–Crippen MR) is 43.7 cm³/mol. The SMILES string of the molecule is CC(=O)C[C@@H]1[C@H](C(=O)O)C1(C)C. The second kappa shape index (κ2) is 2.57. The molecule has 1 saturated carbocycles. The Morgan fingerprint density at radius 2 is 1.92 bits per heavy atom. The van der Waals surface area contributed by atoms with Gasteiger partial charge in [-0.25, -0.2) is 0 Å². The molecule has 0 heterocycles. The molecule has 0 unspecified atom stereocenters. The van der Waals surface area contributed by atoms with E-state index < -0.39 is 5.97 Å². The van der Waals surface area contributed by atoms with E-state index >= 15 is 0 Å². The zero-order chi connectivity index (χ0) is 9.52. The number of carbonyl (C=O) groups is 2. The predicted octanol–water partition coefficient (Wildman–Crippen LogP) is 1.32. The van der Waals surface area contributed by atoms with Gasteiger partial charge in [-0.1, -0.05) is 13.8 Å². The Labute approximate surface area is 71.8 Å². The molecule has 1 aliphatic carbocycles. The van der Waals surface area contributed by atoms with Crippen molar-refractivity contribution in [2.75, 3.05) is 0 Å². The van der Waals surface area contributed by atoms with Gasteiger partial charge in [0, 0.05) is 6.42 Å². The molecule has 0 aromatic rings. The number of carbonyl (C=O) groups excluding carboxylic acids is 1. The first-order valence-corrected chi connectivity index (χ1v) is 4.09. The van der Waals surface area contributed by atoms with Crippen LogP contribution in [0.2, 0.25) is 0 Å². The molecule has 3 heteroatoms. The monoisotopic (exact) mass is 170 g/mol. The summed E-state index contributed by atoms with van der Waals surface area (Å²) in [5.41, 5.74) is -0.183. The van der Waals surface area contributed by atoms with Crippen LogP contribution in [0.1, 0.15) is 27.2 Å². The first kappa shape index (κ1) is 9.23. The second-order valence-corrected chi connectivity index (χ2v) is 4.15. The number of ketones is 1. The Hall–Kier alpha value is -0.860. The van der Waals surface area contributed by atoms with Crippen molar-refractivity contribution < 1.29 is 14.7 Å². The third-order valence-corrected chi connectivity index (χ3v) is 2.82. The van der Waals surface area contributed by atoms with Crippen molar-refractivity contribution in [3.05, 3.63) is 0 Å². The number of carboxylic acid groups (broad SMARTS) is 1. The van der Waals surface area contributed by atoms with Gasteiger partial charge in [-0.15, -0.1) is 0 Å². The van der Waals surface area contributed by atoms with Gasteiger partial charge in [-0.05, 0) is 18.3 Å². The van der Waals surface area contributed by atoms with Crippen LogP contribution < -0.4 is 0 Å². The quantitative estimate of drug-likeness (QED) is 0.695. The Morgan fingerprint density at radius 1 is 1.42 bits per heavy atom. The van der Waals surface area contributed by atoms with Gasteiger partial charge in [0.1, 0.15) is 5.78 Å². The Bertz CT molecular complexity index is 230. The molecule has 2 atom stereocenters.